The van der Waals surface area contributed by atoms with Crippen molar-refractivity contribution >= 4 is 10.8 Å². The van der Waals surface area contributed by atoms with Crippen LogP contribution < -0.4 is 0 Å². The predicted octanol–water partition coefficient (Wildman–Crippen LogP) is 3.33. The Bertz CT molecular complexity index is 439. The second kappa shape index (κ2) is 4.45. The third-order valence-electron chi connectivity index (χ3n) is 2.98. The zero-order valence-corrected chi connectivity index (χ0v) is 8.98. The van der Waals surface area contributed by atoms with E-state index in [2.05, 4.69) is 43.3 Å². The number of benzene rings is 2. The van der Waals surface area contributed by atoms with Crippen LogP contribution in [0, 0.1) is 0 Å². The standard InChI is InChI=1S/C14H16O/c1-2-11(10-15)13-9-5-7-12-6-3-4-8-14(12)13/h3-9,11,15H,2,10H2,1H3. The fourth-order valence-electron chi connectivity index (χ4n) is 2.05. The minimum Gasteiger partial charge on any atom is -0.396 e. The lowest BCUT2D eigenvalue weighted by atomic mass is 9.92. The molecule has 78 valence electrons. The molecule has 1 unspecified atom stereocenters. The first-order valence-corrected chi connectivity index (χ1v) is 5.45. The van der Waals surface area contributed by atoms with E-state index in [4.69, 9.17) is 0 Å². The van der Waals surface area contributed by atoms with Crippen LogP contribution in [0.4, 0.5) is 0 Å². The number of hydrogen-bond acceptors (Lipinski definition) is 1. The molecule has 0 aromatic heterocycles. The monoisotopic (exact) mass is 200 g/mol. The highest BCUT2D eigenvalue weighted by Crippen LogP contribution is 2.27. The van der Waals surface area contributed by atoms with Crippen LogP contribution in [0.5, 0.6) is 0 Å². The Morgan fingerprint density at radius 2 is 1.80 bits per heavy atom. The molecule has 1 atom stereocenters. The fourth-order valence-corrected chi connectivity index (χ4v) is 2.05. The number of hydrogen-bond donors (Lipinski definition) is 1. The topological polar surface area (TPSA) is 20.2 Å². The second-order valence-electron chi connectivity index (χ2n) is 3.86. The molecule has 0 amide bonds. The van der Waals surface area contributed by atoms with E-state index < -0.39 is 0 Å². The largest absolute Gasteiger partial charge is 0.396 e. The molecule has 0 fully saturated rings. The molecular formula is C14H16O. The average molecular weight is 200 g/mol. The predicted molar refractivity (Wildman–Crippen MR) is 64.1 cm³/mol. The first-order chi connectivity index (χ1) is 7.36. The highest BCUT2D eigenvalue weighted by molar-refractivity contribution is 5.86. The normalized spacial score (nSPS) is 12.9. The molecule has 0 saturated carbocycles. The van der Waals surface area contributed by atoms with E-state index in [-0.39, 0.29) is 12.5 Å². The lowest BCUT2D eigenvalue weighted by molar-refractivity contribution is 0.263. The zero-order valence-electron chi connectivity index (χ0n) is 8.98. The average Bonchev–Trinajstić information content (AvgIpc) is 2.31. The number of rotatable bonds is 3. The molecule has 0 spiro atoms. The highest BCUT2D eigenvalue weighted by Gasteiger charge is 2.10. The summed E-state index contributed by atoms with van der Waals surface area (Å²) in [4.78, 5) is 0. The van der Waals surface area contributed by atoms with E-state index in [1.54, 1.807) is 0 Å². The van der Waals surface area contributed by atoms with Gasteiger partial charge in [0.1, 0.15) is 0 Å². The molecule has 2 aromatic rings. The van der Waals surface area contributed by atoms with E-state index >= 15 is 0 Å². The van der Waals surface area contributed by atoms with Crippen LogP contribution >= 0.6 is 0 Å². The van der Waals surface area contributed by atoms with Crippen molar-refractivity contribution in [3.8, 4) is 0 Å². The van der Waals surface area contributed by atoms with Crippen molar-refractivity contribution in [3.63, 3.8) is 0 Å². The second-order valence-corrected chi connectivity index (χ2v) is 3.86. The van der Waals surface area contributed by atoms with Gasteiger partial charge in [0.05, 0.1) is 0 Å². The van der Waals surface area contributed by atoms with Gasteiger partial charge in [0, 0.05) is 12.5 Å². The van der Waals surface area contributed by atoms with Crippen LogP contribution in [-0.4, -0.2) is 11.7 Å². The first kappa shape index (κ1) is 10.2. The minimum absolute atomic E-state index is 0.227. The quantitative estimate of drug-likeness (QED) is 0.805. The summed E-state index contributed by atoms with van der Waals surface area (Å²) >= 11 is 0. The maximum atomic E-state index is 9.34. The van der Waals surface area contributed by atoms with Gasteiger partial charge in [-0.1, -0.05) is 49.4 Å². The van der Waals surface area contributed by atoms with Gasteiger partial charge in [-0.2, -0.15) is 0 Å². The van der Waals surface area contributed by atoms with Crippen molar-refractivity contribution in [2.24, 2.45) is 0 Å². The Hall–Kier alpha value is -1.34. The van der Waals surface area contributed by atoms with Crippen LogP contribution in [0.25, 0.3) is 10.8 Å². The van der Waals surface area contributed by atoms with Crippen molar-refractivity contribution in [1.82, 2.24) is 0 Å². The van der Waals surface area contributed by atoms with Gasteiger partial charge in [-0.15, -0.1) is 0 Å². The van der Waals surface area contributed by atoms with Crippen molar-refractivity contribution in [3.05, 3.63) is 48.0 Å². The van der Waals surface area contributed by atoms with Gasteiger partial charge in [0.2, 0.25) is 0 Å². The first-order valence-electron chi connectivity index (χ1n) is 5.45. The molecule has 15 heavy (non-hydrogen) atoms. The molecule has 1 N–H and O–H groups in total. The van der Waals surface area contributed by atoms with Gasteiger partial charge in [-0.25, -0.2) is 0 Å². The third kappa shape index (κ3) is 1.88. The van der Waals surface area contributed by atoms with Crippen LogP contribution in [0.2, 0.25) is 0 Å². The zero-order chi connectivity index (χ0) is 10.7. The Balaban J connectivity index is 2.59. The number of fused-ring (bicyclic) bond motifs is 1. The van der Waals surface area contributed by atoms with Gasteiger partial charge in [-0.3, -0.25) is 0 Å². The van der Waals surface area contributed by atoms with Crippen LogP contribution in [0.15, 0.2) is 42.5 Å². The van der Waals surface area contributed by atoms with Gasteiger partial charge in [-0.05, 0) is 22.8 Å². The van der Waals surface area contributed by atoms with Crippen LogP contribution in [0.3, 0.4) is 0 Å². The fraction of sp³-hybridized carbons (Fsp3) is 0.286. The van der Waals surface area contributed by atoms with Crippen molar-refractivity contribution in [2.45, 2.75) is 19.3 Å². The molecule has 2 aromatic carbocycles. The summed E-state index contributed by atoms with van der Waals surface area (Å²) in [6, 6.07) is 14.6. The van der Waals surface area contributed by atoms with Crippen LogP contribution in [0.1, 0.15) is 24.8 Å². The lowest BCUT2D eigenvalue weighted by Gasteiger charge is -2.14. The Morgan fingerprint density at radius 1 is 1.07 bits per heavy atom. The van der Waals surface area contributed by atoms with E-state index in [0.29, 0.717) is 0 Å². The Morgan fingerprint density at radius 3 is 2.53 bits per heavy atom. The molecule has 0 aliphatic heterocycles. The molecular weight excluding hydrogens is 184 g/mol. The Kier molecular flexibility index (Phi) is 3.02. The lowest BCUT2D eigenvalue weighted by Crippen LogP contribution is -2.02. The smallest absolute Gasteiger partial charge is 0.0499 e. The van der Waals surface area contributed by atoms with Gasteiger partial charge in [0.15, 0.2) is 0 Å². The van der Waals surface area contributed by atoms with E-state index in [0.717, 1.165) is 6.42 Å². The molecule has 0 heterocycles. The molecule has 0 bridgehead atoms. The molecule has 1 nitrogen and oxygen atoms in total. The molecule has 0 aliphatic rings. The van der Waals surface area contributed by atoms with Gasteiger partial charge < -0.3 is 5.11 Å². The number of aliphatic hydroxyl groups is 1. The van der Waals surface area contributed by atoms with Crippen molar-refractivity contribution in [2.75, 3.05) is 6.61 Å². The van der Waals surface area contributed by atoms with Gasteiger partial charge in [0.25, 0.3) is 0 Å². The van der Waals surface area contributed by atoms with E-state index in [1.807, 2.05) is 6.07 Å². The molecule has 2 rings (SSSR count). The van der Waals surface area contributed by atoms with Gasteiger partial charge >= 0.3 is 0 Å². The summed E-state index contributed by atoms with van der Waals surface area (Å²) in [6.07, 6.45) is 0.977. The third-order valence-corrected chi connectivity index (χ3v) is 2.98. The summed E-state index contributed by atoms with van der Waals surface area (Å²) in [5, 5.41) is 11.9. The van der Waals surface area contributed by atoms with Crippen molar-refractivity contribution in [1.29, 1.82) is 0 Å². The summed E-state index contributed by atoms with van der Waals surface area (Å²) in [5.74, 6) is 0.260. The molecule has 0 radical (unpaired) electrons. The minimum atomic E-state index is 0.227. The molecule has 1 heteroatoms. The van der Waals surface area contributed by atoms with E-state index in [9.17, 15) is 5.11 Å². The van der Waals surface area contributed by atoms with Crippen molar-refractivity contribution < 1.29 is 5.11 Å². The maximum absolute atomic E-state index is 9.34. The summed E-state index contributed by atoms with van der Waals surface area (Å²) in [6.45, 7) is 2.34. The number of aliphatic hydroxyl groups excluding tert-OH is 1. The SMILES string of the molecule is CCC(CO)c1cccc2ccccc12. The van der Waals surface area contributed by atoms with Crippen LogP contribution in [-0.2, 0) is 0 Å². The summed E-state index contributed by atoms with van der Waals surface area (Å²) < 4.78 is 0. The molecule has 0 saturated heterocycles. The highest BCUT2D eigenvalue weighted by atomic mass is 16.3. The van der Waals surface area contributed by atoms with E-state index in [1.165, 1.54) is 16.3 Å². The maximum Gasteiger partial charge on any atom is 0.0499 e. The summed E-state index contributed by atoms with van der Waals surface area (Å²) in [5.41, 5.74) is 1.26. The molecule has 0 aliphatic carbocycles. The summed E-state index contributed by atoms with van der Waals surface area (Å²) in [7, 11) is 0. The Labute approximate surface area is 90.4 Å².